The van der Waals surface area contributed by atoms with Crippen LogP contribution in [0.15, 0.2) is 83.1 Å². The van der Waals surface area contributed by atoms with Gasteiger partial charge in [0.2, 0.25) is 0 Å². The van der Waals surface area contributed by atoms with Crippen molar-refractivity contribution in [3.05, 3.63) is 72.8 Å². The van der Waals surface area contributed by atoms with Crippen LogP contribution in [0, 0.1) is 0 Å². The van der Waals surface area contributed by atoms with Crippen molar-refractivity contribution >= 4 is 47.3 Å². The predicted octanol–water partition coefficient (Wildman–Crippen LogP) is 4.94. The molecule has 0 amide bonds. The van der Waals surface area contributed by atoms with Gasteiger partial charge in [-0.3, -0.25) is 9.13 Å². The summed E-state index contributed by atoms with van der Waals surface area (Å²) >= 11 is 9.09. The predicted molar refractivity (Wildman–Crippen MR) is 110 cm³/mol. The van der Waals surface area contributed by atoms with Crippen molar-refractivity contribution in [3.8, 4) is 11.4 Å². The Labute approximate surface area is 160 Å². The first-order chi connectivity index (χ1) is 12.7. The number of rotatable bonds is 2. The average molecular weight is 374 g/mol. The van der Waals surface area contributed by atoms with Gasteiger partial charge in [0.1, 0.15) is 0 Å². The third-order valence-electron chi connectivity index (χ3n) is 4.45. The highest BCUT2D eigenvalue weighted by Crippen LogP contribution is 2.27. The van der Waals surface area contributed by atoms with Crippen molar-refractivity contribution in [1.82, 2.24) is 19.1 Å². The number of fused-ring (bicyclic) bond motifs is 2. The molecule has 0 unspecified atom stereocenters. The highest BCUT2D eigenvalue weighted by atomic mass is 32.1. The van der Waals surface area contributed by atoms with Crippen LogP contribution in [0.4, 0.5) is 0 Å². The summed E-state index contributed by atoms with van der Waals surface area (Å²) in [5.41, 5.74) is 5.95. The molecule has 26 heavy (non-hydrogen) atoms. The Morgan fingerprint density at radius 3 is 1.35 bits per heavy atom. The molecule has 0 fully saturated rings. The molecule has 0 saturated carbocycles. The molecule has 5 aromatic rings. The van der Waals surface area contributed by atoms with Gasteiger partial charge in [0.15, 0.2) is 10.3 Å². The number of thiol groups is 2. The lowest BCUT2D eigenvalue weighted by Gasteiger charge is -2.10. The third-order valence-corrected chi connectivity index (χ3v) is 5.05. The number of para-hydroxylation sites is 4. The van der Waals surface area contributed by atoms with Gasteiger partial charge >= 0.3 is 0 Å². The maximum Gasteiger partial charge on any atom is 0.170 e. The molecule has 0 atom stereocenters. The molecule has 2 heterocycles. The zero-order valence-electron chi connectivity index (χ0n) is 13.6. The molecule has 0 aliphatic carbocycles. The maximum absolute atomic E-state index is 4.54. The van der Waals surface area contributed by atoms with Gasteiger partial charge < -0.3 is 0 Å². The Morgan fingerprint density at radius 2 is 0.923 bits per heavy atom. The van der Waals surface area contributed by atoms with E-state index in [9.17, 15) is 0 Å². The normalized spacial score (nSPS) is 11.5. The van der Waals surface area contributed by atoms with Crippen LogP contribution in [0.5, 0.6) is 0 Å². The van der Waals surface area contributed by atoms with Gasteiger partial charge in [-0.2, -0.15) is 0 Å². The Kier molecular flexibility index (Phi) is 3.55. The van der Waals surface area contributed by atoms with Crippen LogP contribution in [0.25, 0.3) is 33.4 Å². The summed E-state index contributed by atoms with van der Waals surface area (Å²) in [5.74, 6) is 0. The van der Waals surface area contributed by atoms with E-state index in [2.05, 4.69) is 59.5 Å². The second-order valence-corrected chi connectivity index (χ2v) is 6.79. The smallest absolute Gasteiger partial charge is 0.170 e. The highest BCUT2D eigenvalue weighted by Gasteiger charge is 2.12. The van der Waals surface area contributed by atoms with E-state index in [1.165, 1.54) is 0 Å². The fourth-order valence-corrected chi connectivity index (χ4v) is 3.95. The van der Waals surface area contributed by atoms with Crippen molar-refractivity contribution < 1.29 is 0 Å². The van der Waals surface area contributed by atoms with E-state index in [1.54, 1.807) is 0 Å². The Hall–Kier alpha value is -2.70. The van der Waals surface area contributed by atoms with Crippen LogP contribution >= 0.6 is 25.3 Å². The standard InChI is InChI=1S/C20H14N4S2/c25-19-21-15-5-1-3-7-17(15)23(19)13-9-11-14(12-10-13)24-18-8-4-2-6-16(18)22-20(24)26/h1-12H,(H,21,25)(H,22,26). The molecular weight excluding hydrogens is 360 g/mol. The van der Waals surface area contributed by atoms with Crippen LogP contribution < -0.4 is 0 Å². The van der Waals surface area contributed by atoms with E-state index in [0.717, 1.165) is 33.4 Å². The summed E-state index contributed by atoms with van der Waals surface area (Å²) in [6.45, 7) is 0. The second kappa shape index (κ2) is 5.93. The van der Waals surface area contributed by atoms with E-state index >= 15 is 0 Å². The van der Waals surface area contributed by atoms with Gasteiger partial charge in [-0.15, -0.1) is 25.3 Å². The van der Waals surface area contributed by atoms with E-state index in [1.807, 2.05) is 57.7 Å². The monoisotopic (exact) mass is 374 g/mol. The minimum Gasteiger partial charge on any atom is -0.288 e. The quantitative estimate of drug-likeness (QED) is 0.429. The Morgan fingerprint density at radius 1 is 0.538 bits per heavy atom. The summed E-state index contributed by atoms with van der Waals surface area (Å²) in [6.07, 6.45) is 0. The largest absolute Gasteiger partial charge is 0.288 e. The van der Waals surface area contributed by atoms with Crippen molar-refractivity contribution in [2.75, 3.05) is 0 Å². The summed E-state index contributed by atoms with van der Waals surface area (Å²) < 4.78 is 4.08. The number of imidazole rings is 2. The second-order valence-electron chi connectivity index (χ2n) is 5.99. The first kappa shape index (κ1) is 15.5. The number of aromatic nitrogens is 4. The van der Waals surface area contributed by atoms with Crippen LogP contribution in [0.2, 0.25) is 0 Å². The molecule has 5 rings (SSSR count). The zero-order valence-corrected chi connectivity index (χ0v) is 15.4. The highest BCUT2D eigenvalue weighted by molar-refractivity contribution is 7.80. The molecule has 4 nitrogen and oxygen atoms in total. The summed E-state index contributed by atoms with van der Waals surface area (Å²) in [5, 5.41) is 1.34. The molecule has 2 aromatic heterocycles. The molecule has 0 radical (unpaired) electrons. The van der Waals surface area contributed by atoms with Gasteiger partial charge in [0, 0.05) is 11.4 Å². The van der Waals surface area contributed by atoms with Crippen molar-refractivity contribution in [3.63, 3.8) is 0 Å². The average Bonchev–Trinajstić information content (AvgIpc) is 3.17. The van der Waals surface area contributed by atoms with Crippen molar-refractivity contribution in [1.29, 1.82) is 0 Å². The number of hydrogen-bond acceptors (Lipinski definition) is 4. The molecule has 3 aromatic carbocycles. The SMILES string of the molecule is Sc1nc2ccccc2n1-c1ccc(-n2c(S)nc3ccccc32)cc1. The van der Waals surface area contributed by atoms with E-state index < -0.39 is 0 Å². The third kappa shape index (κ3) is 2.34. The molecule has 0 aliphatic rings. The zero-order chi connectivity index (χ0) is 17.7. The molecule has 0 spiro atoms. The molecular formula is C20H14N4S2. The first-order valence-corrected chi connectivity index (χ1v) is 9.05. The molecule has 0 bridgehead atoms. The number of benzene rings is 3. The van der Waals surface area contributed by atoms with Crippen molar-refractivity contribution in [2.24, 2.45) is 0 Å². The maximum atomic E-state index is 4.54. The molecule has 6 heteroatoms. The minimum atomic E-state index is 0.668. The lowest BCUT2D eigenvalue weighted by atomic mass is 10.2. The topological polar surface area (TPSA) is 35.6 Å². The van der Waals surface area contributed by atoms with Crippen LogP contribution in [0.1, 0.15) is 0 Å². The van der Waals surface area contributed by atoms with Gasteiger partial charge in [0.25, 0.3) is 0 Å². The first-order valence-electron chi connectivity index (χ1n) is 8.16. The van der Waals surface area contributed by atoms with Gasteiger partial charge in [-0.25, -0.2) is 9.97 Å². The fourth-order valence-electron chi connectivity index (χ4n) is 3.29. The molecule has 0 saturated heterocycles. The molecule has 0 N–H and O–H groups in total. The van der Waals surface area contributed by atoms with Gasteiger partial charge in [-0.1, -0.05) is 24.3 Å². The molecule has 0 aliphatic heterocycles. The van der Waals surface area contributed by atoms with Crippen LogP contribution in [-0.2, 0) is 0 Å². The van der Waals surface area contributed by atoms with Gasteiger partial charge in [-0.05, 0) is 48.5 Å². The van der Waals surface area contributed by atoms with E-state index in [4.69, 9.17) is 0 Å². The summed E-state index contributed by atoms with van der Waals surface area (Å²) in [7, 11) is 0. The fraction of sp³-hybridized carbons (Fsp3) is 0. The lowest BCUT2D eigenvalue weighted by Crippen LogP contribution is -1.98. The van der Waals surface area contributed by atoms with E-state index in [0.29, 0.717) is 10.3 Å². The summed E-state index contributed by atoms with van der Waals surface area (Å²) in [6, 6.07) is 24.3. The lowest BCUT2D eigenvalue weighted by molar-refractivity contribution is 0.910. The van der Waals surface area contributed by atoms with Crippen LogP contribution in [-0.4, -0.2) is 19.1 Å². The van der Waals surface area contributed by atoms with Gasteiger partial charge in [0.05, 0.1) is 22.1 Å². The van der Waals surface area contributed by atoms with Crippen molar-refractivity contribution in [2.45, 2.75) is 10.3 Å². The number of hydrogen-bond donors (Lipinski definition) is 2. The molecule has 126 valence electrons. The number of nitrogens with zero attached hydrogens (tertiary/aromatic N) is 4. The van der Waals surface area contributed by atoms with E-state index in [-0.39, 0.29) is 0 Å². The Balaban J connectivity index is 1.65. The Bertz CT molecular complexity index is 1150. The summed E-state index contributed by atoms with van der Waals surface area (Å²) in [4.78, 5) is 9.03. The van der Waals surface area contributed by atoms with Crippen LogP contribution in [0.3, 0.4) is 0 Å². The minimum absolute atomic E-state index is 0.668.